The smallest absolute Gasteiger partial charge is 0.283 e. The number of nitrogens with zero attached hydrogens (tertiary/aromatic N) is 1. The molecule has 5 nitrogen and oxygen atoms in total. The molecular weight excluding hydrogens is 254 g/mol. The number of ether oxygens (including phenoxy) is 1. The first-order valence-corrected chi connectivity index (χ1v) is 6.56. The highest BCUT2D eigenvalue weighted by Gasteiger charge is 2.21. The lowest BCUT2D eigenvalue weighted by Crippen LogP contribution is -2.17. The van der Waals surface area contributed by atoms with E-state index in [9.17, 15) is 14.9 Å². The Labute approximate surface area is 109 Å². The Bertz CT molecular complexity index is 457. The number of hydrogen-bond acceptors (Lipinski definition) is 5. The molecular formula is C12H13NO4S. The summed E-state index contributed by atoms with van der Waals surface area (Å²) in [6.45, 7) is 1.41. The maximum absolute atomic E-state index is 11.0. The average molecular weight is 267 g/mol. The van der Waals surface area contributed by atoms with E-state index in [1.54, 1.807) is 12.1 Å². The number of aldehydes is 1. The fraction of sp³-hybridized carbons (Fsp3) is 0.417. The summed E-state index contributed by atoms with van der Waals surface area (Å²) in [5.41, 5.74) is 0.342. The molecule has 0 atom stereocenters. The molecule has 0 saturated carbocycles. The Morgan fingerprint density at radius 2 is 2.11 bits per heavy atom. The van der Waals surface area contributed by atoms with Crippen molar-refractivity contribution < 1.29 is 14.5 Å². The van der Waals surface area contributed by atoms with Gasteiger partial charge in [-0.15, -0.1) is 11.8 Å². The first-order valence-electron chi connectivity index (χ1n) is 5.68. The number of hydrogen-bond donors (Lipinski definition) is 0. The lowest BCUT2D eigenvalue weighted by Gasteiger charge is -2.21. The highest BCUT2D eigenvalue weighted by molar-refractivity contribution is 8.00. The predicted molar refractivity (Wildman–Crippen MR) is 68.2 cm³/mol. The molecule has 1 aliphatic heterocycles. The fourth-order valence-corrected chi connectivity index (χ4v) is 3.01. The summed E-state index contributed by atoms with van der Waals surface area (Å²) >= 11 is 1.50. The van der Waals surface area contributed by atoms with Crippen molar-refractivity contribution in [2.45, 2.75) is 23.0 Å². The van der Waals surface area contributed by atoms with Gasteiger partial charge in [-0.25, -0.2) is 0 Å². The molecule has 2 rings (SSSR count). The van der Waals surface area contributed by atoms with Gasteiger partial charge in [0, 0.05) is 30.1 Å². The standard InChI is InChI=1S/C12H13NO4S/c14-8-9-1-2-12(11(7-9)13(15)16)18-10-3-5-17-6-4-10/h1-2,7-8,10H,3-6H2. The van der Waals surface area contributed by atoms with Crippen LogP contribution in [-0.2, 0) is 4.74 Å². The summed E-state index contributed by atoms with van der Waals surface area (Å²) in [5, 5.41) is 11.3. The van der Waals surface area contributed by atoms with Gasteiger partial charge in [-0.2, -0.15) is 0 Å². The summed E-state index contributed by atoms with van der Waals surface area (Å²) in [6.07, 6.45) is 2.42. The Morgan fingerprint density at radius 1 is 1.39 bits per heavy atom. The van der Waals surface area contributed by atoms with Crippen LogP contribution in [-0.4, -0.2) is 29.7 Å². The van der Waals surface area contributed by atoms with Crippen LogP contribution in [0.15, 0.2) is 23.1 Å². The molecule has 1 fully saturated rings. The highest BCUT2D eigenvalue weighted by Crippen LogP contribution is 2.36. The third-order valence-corrected chi connectivity index (χ3v) is 4.18. The van der Waals surface area contributed by atoms with Gasteiger partial charge < -0.3 is 4.74 Å². The number of thioether (sulfide) groups is 1. The number of benzene rings is 1. The van der Waals surface area contributed by atoms with Gasteiger partial charge in [0.15, 0.2) is 0 Å². The van der Waals surface area contributed by atoms with E-state index in [4.69, 9.17) is 4.74 Å². The molecule has 0 unspecified atom stereocenters. The summed E-state index contributed by atoms with van der Waals surface area (Å²) in [5.74, 6) is 0. The molecule has 0 amide bonds. The maximum Gasteiger partial charge on any atom is 0.283 e. The third-order valence-electron chi connectivity index (χ3n) is 2.78. The van der Waals surface area contributed by atoms with E-state index in [2.05, 4.69) is 0 Å². The molecule has 0 radical (unpaired) electrons. The first-order chi connectivity index (χ1) is 8.70. The molecule has 0 N–H and O–H groups in total. The van der Waals surface area contributed by atoms with Crippen LogP contribution in [0.3, 0.4) is 0 Å². The topological polar surface area (TPSA) is 69.4 Å². The van der Waals surface area contributed by atoms with Gasteiger partial charge in [0.05, 0.1) is 9.82 Å². The van der Waals surface area contributed by atoms with Crippen molar-refractivity contribution in [3.63, 3.8) is 0 Å². The van der Waals surface area contributed by atoms with Crippen molar-refractivity contribution in [3.05, 3.63) is 33.9 Å². The molecule has 1 aromatic rings. The summed E-state index contributed by atoms with van der Waals surface area (Å²) in [7, 11) is 0. The van der Waals surface area contributed by atoms with Gasteiger partial charge in [0.2, 0.25) is 0 Å². The van der Waals surface area contributed by atoms with Gasteiger partial charge in [-0.1, -0.05) is 6.07 Å². The molecule has 0 aromatic heterocycles. The van der Waals surface area contributed by atoms with Crippen LogP contribution < -0.4 is 0 Å². The number of nitro groups is 1. The monoisotopic (exact) mass is 267 g/mol. The van der Waals surface area contributed by atoms with E-state index in [-0.39, 0.29) is 5.69 Å². The quantitative estimate of drug-likeness (QED) is 0.476. The van der Waals surface area contributed by atoms with E-state index < -0.39 is 4.92 Å². The molecule has 0 bridgehead atoms. The molecule has 96 valence electrons. The Balaban J connectivity index is 2.20. The fourth-order valence-electron chi connectivity index (χ4n) is 1.82. The number of carbonyl (C=O) groups excluding carboxylic acids is 1. The van der Waals surface area contributed by atoms with Crippen LogP contribution >= 0.6 is 11.8 Å². The number of nitro benzene ring substituents is 1. The molecule has 1 saturated heterocycles. The van der Waals surface area contributed by atoms with E-state index in [0.717, 1.165) is 12.8 Å². The van der Waals surface area contributed by atoms with Crippen LogP contribution in [0.25, 0.3) is 0 Å². The largest absolute Gasteiger partial charge is 0.381 e. The lowest BCUT2D eigenvalue weighted by molar-refractivity contribution is -0.387. The molecule has 0 spiro atoms. The molecule has 1 aliphatic rings. The second kappa shape index (κ2) is 5.97. The summed E-state index contributed by atoms with van der Waals surface area (Å²) < 4.78 is 5.26. The molecule has 1 heterocycles. The zero-order valence-corrected chi connectivity index (χ0v) is 10.5. The van der Waals surface area contributed by atoms with Gasteiger partial charge in [0.25, 0.3) is 5.69 Å². The van der Waals surface area contributed by atoms with Crippen LogP contribution in [0.4, 0.5) is 5.69 Å². The minimum atomic E-state index is -0.436. The second-order valence-electron chi connectivity index (χ2n) is 4.03. The molecule has 0 aliphatic carbocycles. The predicted octanol–water partition coefficient (Wildman–Crippen LogP) is 2.68. The maximum atomic E-state index is 11.0. The van der Waals surface area contributed by atoms with Crippen LogP contribution in [0.1, 0.15) is 23.2 Å². The van der Waals surface area contributed by atoms with E-state index >= 15 is 0 Å². The Hall–Kier alpha value is -1.40. The third kappa shape index (κ3) is 3.08. The minimum Gasteiger partial charge on any atom is -0.381 e. The van der Waals surface area contributed by atoms with Gasteiger partial charge in [-0.05, 0) is 18.9 Å². The van der Waals surface area contributed by atoms with Crippen LogP contribution in [0.2, 0.25) is 0 Å². The summed E-state index contributed by atoms with van der Waals surface area (Å²) in [6, 6.07) is 4.60. The molecule has 1 aromatic carbocycles. The van der Waals surface area contributed by atoms with Crippen LogP contribution in [0.5, 0.6) is 0 Å². The normalized spacial score (nSPS) is 16.4. The Morgan fingerprint density at radius 3 is 2.72 bits per heavy atom. The van der Waals surface area contributed by atoms with E-state index in [1.165, 1.54) is 17.8 Å². The van der Waals surface area contributed by atoms with E-state index in [0.29, 0.717) is 35.2 Å². The Kier molecular flexibility index (Phi) is 4.33. The van der Waals surface area contributed by atoms with Crippen molar-refractivity contribution >= 4 is 23.7 Å². The van der Waals surface area contributed by atoms with Crippen molar-refractivity contribution in [2.75, 3.05) is 13.2 Å². The summed E-state index contributed by atoms with van der Waals surface area (Å²) in [4.78, 5) is 21.8. The van der Waals surface area contributed by atoms with Crippen molar-refractivity contribution in [1.82, 2.24) is 0 Å². The van der Waals surface area contributed by atoms with Crippen LogP contribution in [0, 0.1) is 10.1 Å². The molecule has 18 heavy (non-hydrogen) atoms. The van der Waals surface area contributed by atoms with Gasteiger partial charge in [-0.3, -0.25) is 14.9 Å². The SMILES string of the molecule is O=Cc1ccc(SC2CCOCC2)c([N+](=O)[O-])c1. The van der Waals surface area contributed by atoms with E-state index in [1.807, 2.05) is 0 Å². The second-order valence-corrected chi connectivity index (χ2v) is 5.37. The number of carbonyl (C=O) groups is 1. The molecule has 6 heteroatoms. The zero-order valence-electron chi connectivity index (χ0n) is 9.70. The number of rotatable bonds is 4. The minimum absolute atomic E-state index is 0.0103. The van der Waals surface area contributed by atoms with Crippen molar-refractivity contribution in [1.29, 1.82) is 0 Å². The van der Waals surface area contributed by atoms with Crippen molar-refractivity contribution in [2.24, 2.45) is 0 Å². The van der Waals surface area contributed by atoms with Gasteiger partial charge in [0.1, 0.15) is 6.29 Å². The highest BCUT2D eigenvalue weighted by atomic mass is 32.2. The average Bonchev–Trinajstić information content (AvgIpc) is 2.40. The zero-order chi connectivity index (χ0) is 13.0. The first kappa shape index (κ1) is 13.0. The van der Waals surface area contributed by atoms with Crippen molar-refractivity contribution in [3.8, 4) is 0 Å². The van der Waals surface area contributed by atoms with Gasteiger partial charge >= 0.3 is 0 Å². The lowest BCUT2D eigenvalue weighted by atomic mass is 10.2.